The maximum atomic E-state index is 12.6. The minimum absolute atomic E-state index is 0.0925. The SMILES string of the molecule is Cc1ccc(NC(=O)CSc2nnc(-c3cccc(N)c3)n2-c2ccccc2)c(C)c1. The first-order valence-electron chi connectivity index (χ1n) is 9.88. The molecule has 0 fully saturated rings. The zero-order chi connectivity index (χ0) is 21.8. The molecule has 1 amide bonds. The number of nitrogen functional groups attached to an aromatic ring is 1. The normalized spacial score (nSPS) is 10.8. The first kappa shape index (κ1) is 20.7. The zero-order valence-electron chi connectivity index (χ0n) is 17.4. The van der Waals surface area contributed by atoms with Crippen LogP contribution in [0.25, 0.3) is 17.1 Å². The number of anilines is 2. The number of benzene rings is 3. The van der Waals surface area contributed by atoms with Crippen LogP contribution < -0.4 is 11.1 Å². The number of aryl methyl sites for hydroxylation is 2. The molecule has 0 aliphatic carbocycles. The fourth-order valence-electron chi connectivity index (χ4n) is 3.31. The molecule has 0 aliphatic rings. The highest BCUT2D eigenvalue weighted by atomic mass is 32.2. The molecular formula is C24H23N5OS. The molecule has 0 bridgehead atoms. The number of nitrogens with zero attached hydrogens (tertiary/aromatic N) is 3. The first-order valence-corrected chi connectivity index (χ1v) is 10.9. The van der Waals surface area contributed by atoms with Crippen molar-refractivity contribution in [1.29, 1.82) is 0 Å². The van der Waals surface area contributed by atoms with Crippen LogP contribution in [-0.2, 0) is 4.79 Å². The molecule has 0 aliphatic heterocycles. The Balaban J connectivity index is 1.59. The van der Waals surface area contributed by atoms with Crippen LogP contribution in [0.15, 0.2) is 78.0 Å². The van der Waals surface area contributed by atoms with Gasteiger partial charge in [0.25, 0.3) is 0 Å². The third kappa shape index (κ3) is 4.78. The highest BCUT2D eigenvalue weighted by molar-refractivity contribution is 7.99. The van der Waals surface area contributed by atoms with E-state index in [1.807, 2.05) is 91.2 Å². The van der Waals surface area contributed by atoms with Crippen molar-refractivity contribution in [3.05, 3.63) is 83.9 Å². The van der Waals surface area contributed by atoms with Gasteiger partial charge >= 0.3 is 0 Å². The molecule has 156 valence electrons. The molecule has 7 heteroatoms. The molecule has 3 N–H and O–H groups in total. The second-order valence-electron chi connectivity index (χ2n) is 7.26. The Bertz CT molecular complexity index is 1220. The molecule has 0 spiro atoms. The van der Waals surface area contributed by atoms with E-state index < -0.39 is 0 Å². The summed E-state index contributed by atoms with van der Waals surface area (Å²) in [5.74, 6) is 0.802. The van der Waals surface area contributed by atoms with Gasteiger partial charge in [0.05, 0.1) is 5.75 Å². The molecule has 1 aromatic heterocycles. The summed E-state index contributed by atoms with van der Waals surface area (Å²) in [6.45, 7) is 4.02. The van der Waals surface area contributed by atoms with Crippen LogP contribution in [0.4, 0.5) is 11.4 Å². The molecular weight excluding hydrogens is 406 g/mol. The van der Waals surface area contributed by atoms with E-state index in [0.717, 1.165) is 28.1 Å². The number of para-hydroxylation sites is 1. The van der Waals surface area contributed by atoms with Gasteiger partial charge in [0, 0.05) is 22.6 Å². The lowest BCUT2D eigenvalue weighted by Crippen LogP contribution is -2.15. The van der Waals surface area contributed by atoms with E-state index >= 15 is 0 Å². The van der Waals surface area contributed by atoms with Gasteiger partial charge in [-0.25, -0.2) is 0 Å². The number of nitrogens with two attached hydrogens (primary N) is 1. The maximum absolute atomic E-state index is 12.6. The second kappa shape index (κ2) is 9.06. The number of carbonyl (C=O) groups excluding carboxylic acids is 1. The van der Waals surface area contributed by atoms with Crippen molar-refractivity contribution >= 4 is 29.0 Å². The van der Waals surface area contributed by atoms with E-state index in [0.29, 0.717) is 16.7 Å². The lowest BCUT2D eigenvalue weighted by Gasteiger charge is -2.11. The molecule has 6 nitrogen and oxygen atoms in total. The van der Waals surface area contributed by atoms with Crippen LogP contribution in [0.2, 0.25) is 0 Å². The third-order valence-electron chi connectivity index (χ3n) is 4.78. The van der Waals surface area contributed by atoms with Crippen molar-refractivity contribution in [1.82, 2.24) is 14.8 Å². The summed E-state index contributed by atoms with van der Waals surface area (Å²) >= 11 is 1.34. The van der Waals surface area contributed by atoms with Gasteiger partial charge in [0.1, 0.15) is 0 Å². The van der Waals surface area contributed by atoms with E-state index in [9.17, 15) is 4.79 Å². The molecule has 1 heterocycles. The number of aromatic nitrogens is 3. The summed E-state index contributed by atoms with van der Waals surface area (Å²) in [6.07, 6.45) is 0. The average Bonchev–Trinajstić information content (AvgIpc) is 3.19. The minimum Gasteiger partial charge on any atom is -0.399 e. The number of hydrogen-bond acceptors (Lipinski definition) is 5. The second-order valence-corrected chi connectivity index (χ2v) is 8.20. The predicted molar refractivity (Wildman–Crippen MR) is 126 cm³/mol. The Morgan fingerprint density at radius 1 is 1.00 bits per heavy atom. The monoisotopic (exact) mass is 429 g/mol. The molecule has 31 heavy (non-hydrogen) atoms. The van der Waals surface area contributed by atoms with E-state index in [1.165, 1.54) is 11.8 Å². The quantitative estimate of drug-likeness (QED) is 0.338. The fraction of sp³-hybridized carbons (Fsp3) is 0.125. The Kier molecular flexibility index (Phi) is 6.04. The number of hydrogen-bond donors (Lipinski definition) is 2. The van der Waals surface area contributed by atoms with Crippen LogP contribution in [0.3, 0.4) is 0 Å². The number of amides is 1. The Labute approximate surface area is 185 Å². The highest BCUT2D eigenvalue weighted by Crippen LogP contribution is 2.29. The number of rotatable bonds is 6. The van der Waals surface area contributed by atoms with Crippen LogP contribution in [0.5, 0.6) is 0 Å². The van der Waals surface area contributed by atoms with Crippen LogP contribution in [0.1, 0.15) is 11.1 Å². The maximum Gasteiger partial charge on any atom is 0.234 e. The van der Waals surface area contributed by atoms with E-state index in [4.69, 9.17) is 5.73 Å². The van der Waals surface area contributed by atoms with Crippen LogP contribution >= 0.6 is 11.8 Å². The average molecular weight is 430 g/mol. The Hall–Kier alpha value is -3.58. The van der Waals surface area contributed by atoms with Gasteiger partial charge in [0.15, 0.2) is 11.0 Å². The molecule has 0 saturated heterocycles. The fourth-order valence-corrected chi connectivity index (χ4v) is 4.06. The van der Waals surface area contributed by atoms with Gasteiger partial charge in [-0.1, -0.05) is 59.8 Å². The van der Waals surface area contributed by atoms with Crippen molar-refractivity contribution in [2.24, 2.45) is 0 Å². The van der Waals surface area contributed by atoms with Gasteiger partial charge < -0.3 is 11.1 Å². The minimum atomic E-state index is -0.0925. The molecule has 0 unspecified atom stereocenters. The molecule has 4 rings (SSSR count). The van der Waals surface area contributed by atoms with Crippen LogP contribution in [-0.4, -0.2) is 26.4 Å². The van der Waals surface area contributed by atoms with E-state index in [-0.39, 0.29) is 11.7 Å². The Morgan fingerprint density at radius 2 is 1.81 bits per heavy atom. The smallest absolute Gasteiger partial charge is 0.234 e. The summed E-state index contributed by atoms with van der Waals surface area (Å²) in [5.41, 5.74) is 11.4. The van der Waals surface area contributed by atoms with E-state index in [2.05, 4.69) is 15.5 Å². The molecule has 0 atom stereocenters. The van der Waals surface area contributed by atoms with Crippen molar-refractivity contribution < 1.29 is 4.79 Å². The van der Waals surface area contributed by atoms with Gasteiger partial charge in [-0.3, -0.25) is 9.36 Å². The van der Waals surface area contributed by atoms with Gasteiger partial charge in [-0.2, -0.15) is 0 Å². The summed E-state index contributed by atoms with van der Waals surface area (Å²) in [5, 5.41) is 12.4. The third-order valence-corrected chi connectivity index (χ3v) is 5.71. The zero-order valence-corrected chi connectivity index (χ0v) is 18.2. The van der Waals surface area contributed by atoms with E-state index in [1.54, 1.807) is 0 Å². The summed E-state index contributed by atoms with van der Waals surface area (Å²) in [7, 11) is 0. The molecule has 3 aromatic carbocycles. The molecule has 4 aromatic rings. The van der Waals surface area contributed by atoms with Crippen molar-refractivity contribution in [3.63, 3.8) is 0 Å². The Morgan fingerprint density at radius 3 is 2.55 bits per heavy atom. The van der Waals surface area contributed by atoms with Gasteiger partial charge in [-0.05, 0) is 49.7 Å². The molecule has 0 radical (unpaired) electrons. The highest BCUT2D eigenvalue weighted by Gasteiger charge is 2.17. The first-order chi connectivity index (χ1) is 15.0. The lowest BCUT2D eigenvalue weighted by molar-refractivity contribution is -0.113. The van der Waals surface area contributed by atoms with Crippen molar-refractivity contribution in [2.75, 3.05) is 16.8 Å². The van der Waals surface area contributed by atoms with Crippen molar-refractivity contribution in [2.45, 2.75) is 19.0 Å². The van der Waals surface area contributed by atoms with Crippen LogP contribution in [0, 0.1) is 13.8 Å². The summed E-state index contributed by atoms with van der Waals surface area (Å²) < 4.78 is 1.95. The standard InChI is InChI=1S/C24H23N5OS/c1-16-11-12-21(17(2)13-16)26-22(30)15-31-24-28-27-23(18-7-6-8-19(25)14-18)29(24)20-9-4-3-5-10-20/h3-14H,15,25H2,1-2H3,(H,26,30). The lowest BCUT2D eigenvalue weighted by atomic mass is 10.1. The van der Waals surface area contributed by atoms with Gasteiger partial charge in [-0.15, -0.1) is 10.2 Å². The molecule has 0 saturated carbocycles. The largest absolute Gasteiger partial charge is 0.399 e. The summed E-state index contributed by atoms with van der Waals surface area (Å²) in [6, 6.07) is 23.3. The summed E-state index contributed by atoms with van der Waals surface area (Å²) in [4.78, 5) is 12.6. The van der Waals surface area contributed by atoms with Gasteiger partial charge in [0.2, 0.25) is 5.91 Å². The topological polar surface area (TPSA) is 85.8 Å². The number of thioether (sulfide) groups is 1. The number of carbonyl (C=O) groups is 1. The number of nitrogens with one attached hydrogen (secondary N) is 1. The predicted octanol–water partition coefficient (Wildman–Crippen LogP) is 4.86. The van der Waals surface area contributed by atoms with Crippen molar-refractivity contribution in [3.8, 4) is 17.1 Å².